The second kappa shape index (κ2) is 5.73. The quantitative estimate of drug-likeness (QED) is 0.892. The predicted molar refractivity (Wildman–Crippen MR) is 94.0 cm³/mol. The highest BCUT2D eigenvalue weighted by Gasteiger charge is 2.43. The van der Waals surface area contributed by atoms with Crippen LogP contribution in [0.15, 0.2) is 47.6 Å². The highest BCUT2D eigenvalue weighted by atomic mass is 35.5. The number of phenols is 1. The molecule has 1 aromatic heterocycles. The van der Waals surface area contributed by atoms with Gasteiger partial charge in [0.2, 0.25) is 0 Å². The number of benzene rings is 1. The van der Waals surface area contributed by atoms with Gasteiger partial charge in [0.15, 0.2) is 5.17 Å². The fraction of sp³-hybridized carbons (Fsp3) is 0.294. The highest BCUT2D eigenvalue weighted by molar-refractivity contribution is 8.14. The summed E-state index contributed by atoms with van der Waals surface area (Å²) in [6, 6.07) is 11.3. The molecule has 2 aromatic rings. The van der Waals surface area contributed by atoms with Crippen LogP contribution in [0, 0.1) is 0 Å². The van der Waals surface area contributed by atoms with Gasteiger partial charge < -0.3 is 10.0 Å². The van der Waals surface area contributed by atoms with Crippen molar-refractivity contribution in [1.29, 1.82) is 0 Å². The Labute approximate surface area is 144 Å². The van der Waals surface area contributed by atoms with Crippen LogP contribution in [0.1, 0.15) is 30.3 Å². The average Bonchev–Trinajstić information content (AvgIpc) is 3.07. The number of hydrogen-bond acceptors (Lipinski definition) is 5. The van der Waals surface area contributed by atoms with Crippen molar-refractivity contribution in [3.8, 4) is 5.75 Å². The molecule has 4 rings (SSSR count). The van der Waals surface area contributed by atoms with Crippen molar-refractivity contribution < 1.29 is 5.11 Å². The normalized spacial score (nSPS) is 26.3. The smallest absolute Gasteiger partial charge is 0.160 e. The lowest BCUT2D eigenvalue weighted by Crippen LogP contribution is -2.28. The number of phenolic OH excluding ortho intramolecular Hbond substituents is 1. The third-order valence-electron chi connectivity index (χ3n) is 4.19. The number of halogens is 1. The summed E-state index contributed by atoms with van der Waals surface area (Å²) in [5.41, 5.74) is 2.01. The summed E-state index contributed by atoms with van der Waals surface area (Å²) < 4.78 is 0. The Kier molecular flexibility index (Phi) is 3.70. The molecule has 0 spiro atoms. The number of rotatable bonds is 2. The molecule has 1 saturated heterocycles. The first-order valence-corrected chi connectivity index (χ1v) is 8.79. The summed E-state index contributed by atoms with van der Waals surface area (Å²) in [4.78, 5) is 11.7. The summed E-state index contributed by atoms with van der Waals surface area (Å²) in [5, 5.41) is 11.7. The molecule has 0 saturated carbocycles. The number of thioether (sulfide) groups is 1. The minimum atomic E-state index is -0.0493. The van der Waals surface area contributed by atoms with E-state index in [1.54, 1.807) is 24.0 Å². The highest BCUT2D eigenvalue weighted by Crippen LogP contribution is 2.48. The van der Waals surface area contributed by atoms with E-state index >= 15 is 0 Å². The summed E-state index contributed by atoms with van der Waals surface area (Å²) in [6.07, 6.45) is 1.80. The third-order valence-corrected chi connectivity index (χ3v) is 5.60. The minimum Gasteiger partial charge on any atom is -0.506 e. The second-order valence-electron chi connectivity index (χ2n) is 5.85. The molecule has 3 heterocycles. The van der Waals surface area contributed by atoms with Crippen LogP contribution in [0.25, 0.3) is 0 Å². The van der Waals surface area contributed by atoms with E-state index in [-0.39, 0.29) is 17.8 Å². The molecule has 1 aromatic carbocycles. The molecule has 0 aliphatic carbocycles. The van der Waals surface area contributed by atoms with E-state index in [1.807, 2.05) is 30.3 Å². The fourth-order valence-corrected chi connectivity index (χ4v) is 4.47. The van der Waals surface area contributed by atoms with E-state index in [0.29, 0.717) is 10.3 Å². The summed E-state index contributed by atoms with van der Waals surface area (Å²) in [7, 11) is 0. The lowest BCUT2D eigenvalue weighted by atomic mass is 9.96. The van der Waals surface area contributed by atoms with Crippen molar-refractivity contribution in [2.24, 2.45) is 4.99 Å². The second-order valence-corrected chi connectivity index (χ2v) is 7.66. The Balaban J connectivity index is 1.79. The molecule has 2 aliphatic heterocycles. The van der Waals surface area contributed by atoms with Crippen LogP contribution in [-0.2, 0) is 0 Å². The van der Waals surface area contributed by atoms with E-state index in [0.717, 1.165) is 23.0 Å². The molecule has 0 radical (unpaired) electrons. The summed E-state index contributed by atoms with van der Waals surface area (Å²) in [6.45, 7) is 3.16. The Morgan fingerprint density at radius 2 is 2.17 bits per heavy atom. The molecule has 0 amide bonds. The number of nitrogens with zero attached hydrogens (tertiary/aromatic N) is 3. The lowest BCUT2D eigenvalue weighted by Gasteiger charge is -2.27. The average molecular weight is 346 g/mol. The number of aliphatic imine (C=N–C) groups is 1. The Bertz CT molecular complexity index is 768. The van der Waals surface area contributed by atoms with Crippen LogP contribution in [0.4, 0.5) is 0 Å². The van der Waals surface area contributed by atoms with E-state index in [4.69, 9.17) is 16.6 Å². The number of pyridine rings is 1. The molecular weight excluding hydrogens is 330 g/mol. The first kappa shape index (κ1) is 14.8. The van der Waals surface area contributed by atoms with Gasteiger partial charge in [-0.2, -0.15) is 0 Å². The number of aromatic nitrogens is 1. The van der Waals surface area contributed by atoms with Crippen molar-refractivity contribution in [2.75, 3.05) is 6.54 Å². The van der Waals surface area contributed by atoms with E-state index < -0.39 is 0 Å². The van der Waals surface area contributed by atoms with Gasteiger partial charge in [0, 0.05) is 18.0 Å². The van der Waals surface area contributed by atoms with E-state index in [9.17, 15) is 5.11 Å². The van der Waals surface area contributed by atoms with Crippen molar-refractivity contribution in [3.05, 3.63) is 58.9 Å². The Morgan fingerprint density at radius 1 is 1.30 bits per heavy atom. The molecule has 0 bridgehead atoms. The standard InChI is InChI=1S/C17H16ClN3OS/c1-10-9-21-16(11-5-6-14(22)12(18)8-11)15(20-17(21)23-10)13-4-2-3-7-19-13/h2-8,10,15-16,22H,9H2,1H3/t10-,15-,16+/m1/s1. The largest absolute Gasteiger partial charge is 0.506 e. The molecule has 118 valence electrons. The third kappa shape index (κ3) is 2.58. The molecule has 4 nitrogen and oxygen atoms in total. The monoisotopic (exact) mass is 345 g/mol. The van der Waals surface area contributed by atoms with Crippen LogP contribution < -0.4 is 0 Å². The van der Waals surface area contributed by atoms with Gasteiger partial charge in [-0.15, -0.1) is 0 Å². The maximum Gasteiger partial charge on any atom is 0.160 e. The maximum absolute atomic E-state index is 9.71. The van der Waals surface area contributed by atoms with Crippen LogP contribution in [-0.4, -0.2) is 32.0 Å². The molecular formula is C17H16ClN3OS. The van der Waals surface area contributed by atoms with Gasteiger partial charge in [0.25, 0.3) is 0 Å². The van der Waals surface area contributed by atoms with Crippen LogP contribution in [0.2, 0.25) is 5.02 Å². The summed E-state index contributed by atoms with van der Waals surface area (Å²) >= 11 is 7.94. The van der Waals surface area contributed by atoms with Gasteiger partial charge in [0.1, 0.15) is 11.8 Å². The predicted octanol–water partition coefficient (Wildman–Crippen LogP) is 4.03. The van der Waals surface area contributed by atoms with Crippen LogP contribution >= 0.6 is 23.4 Å². The van der Waals surface area contributed by atoms with E-state index in [1.165, 1.54) is 0 Å². The first-order valence-electron chi connectivity index (χ1n) is 7.54. The molecule has 1 N–H and O–H groups in total. The number of amidine groups is 1. The Hall–Kier alpha value is -1.72. The fourth-order valence-electron chi connectivity index (χ4n) is 3.19. The molecule has 0 unspecified atom stereocenters. The van der Waals surface area contributed by atoms with Crippen molar-refractivity contribution in [1.82, 2.24) is 9.88 Å². The van der Waals surface area contributed by atoms with E-state index in [2.05, 4.69) is 16.8 Å². The number of aromatic hydroxyl groups is 1. The molecule has 6 heteroatoms. The topological polar surface area (TPSA) is 48.7 Å². The van der Waals surface area contributed by atoms with Crippen LogP contribution in [0.5, 0.6) is 5.75 Å². The SMILES string of the molecule is C[C@@H]1CN2C(=N[C@H](c3ccccn3)[C@@H]2c2ccc(O)c(Cl)c2)S1. The van der Waals surface area contributed by atoms with Gasteiger partial charge in [-0.1, -0.05) is 42.4 Å². The molecule has 2 aliphatic rings. The first-order chi connectivity index (χ1) is 11.1. The van der Waals surface area contributed by atoms with Gasteiger partial charge in [-0.25, -0.2) is 0 Å². The van der Waals surface area contributed by atoms with Gasteiger partial charge >= 0.3 is 0 Å². The summed E-state index contributed by atoms with van der Waals surface area (Å²) in [5.74, 6) is 0.105. The lowest BCUT2D eigenvalue weighted by molar-refractivity contribution is 0.321. The van der Waals surface area contributed by atoms with Crippen molar-refractivity contribution in [2.45, 2.75) is 24.3 Å². The zero-order valence-electron chi connectivity index (χ0n) is 12.6. The van der Waals surface area contributed by atoms with Crippen molar-refractivity contribution >= 4 is 28.5 Å². The van der Waals surface area contributed by atoms with Gasteiger partial charge in [-0.3, -0.25) is 9.98 Å². The number of fused-ring (bicyclic) bond motifs is 1. The number of hydrogen-bond donors (Lipinski definition) is 1. The zero-order valence-corrected chi connectivity index (χ0v) is 14.1. The van der Waals surface area contributed by atoms with Crippen molar-refractivity contribution in [3.63, 3.8) is 0 Å². The Morgan fingerprint density at radius 3 is 2.91 bits per heavy atom. The molecule has 23 heavy (non-hydrogen) atoms. The minimum absolute atomic E-state index is 0.0493. The van der Waals surface area contributed by atoms with Crippen LogP contribution in [0.3, 0.4) is 0 Å². The van der Waals surface area contributed by atoms with Gasteiger partial charge in [-0.05, 0) is 29.8 Å². The van der Waals surface area contributed by atoms with Gasteiger partial charge in [0.05, 0.1) is 16.8 Å². The maximum atomic E-state index is 9.71. The molecule has 1 fully saturated rings. The molecule has 3 atom stereocenters. The zero-order chi connectivity index (χ0) is 16.0.